The zero-order chi connectivity index (χ0) is 12.4. The molecule has 1 aromatic carbocycles. The maximum Gasteiger partial charge on any atom is 0.124 e. The number of nitrogens with zero attached hydrogens (tertiary/aromatic N) is 1. The molecule has 0 aliphatic carbocycles. The number of benzene rings is 1. The molecule has 5 heteroatoms. The minimum Gasteiger partial charge on any atom is -0.382 e. The van der Waals surface area contributed by atoms with E-state index in [0.29, 0.717) is 26.3 Å². The lowest BCUT2D eigenvalue weighted by atomic mass is 10.1. The Morgan fingerprint density at radius 1 is 1.06 bits per heavy atom. The van der Waals surface area contributed by atoms with Gasteiger partial charge in [0, 0.05) is 16.8 Å². The molecule has 0 amide bonds. The Balaban J connectivity index is 2.44. The maximum absolute atomic E-state index is 10.2. The number of rotatable bonds is 2. The standard InChI is InChI=1S/C12H8Cl3NO/c13-7-5-10(15)11(16-6-7)12(17)8-3-1-2-4-9(8)14/h1-6,12,17H. The molecule has 0 saturated heterocycles. The predicted octanol–water partition coefficient (Wildman–Crippen LogP) is 4.12. The molecular formula is C12H8Cl3NO. The van der Waals surface area contributed by atoms with Gasteiger partial charge in [-0.15, -0.1) is 0 Å². The second-order valence-corrected chi connectivity index (χ2v) is 4.70. The minimum absolute atomic E-state index is 0.310. The molecule has 88 valence electrons. The smallest absolute Gasteiger partial charge is 0.124 e. The molecule has 0 bridgehead atoms. The summed E-state index contributed by atoms with van der Waals surface area (Å²) in [6.07, 6.45) is 0.469. The van der Waals surface area contributed by atoms with Crippen molar-refractivity contribution in [2.24, 2.45) is 0 Å². The Kier molecular flexibility index (Phi) is 3.89. The van der Waals surface area contributed by atoms with Gasteiger partial charge in [-0.1, -0.05) is 53.0 Å². The number of aromatic nitrogens is 1. The van der Waals surface area contributed by atoms with Crippen molar-refractivity contribution < 1.29 is 5.11 Å². The zero-order valence-electron chi connectivity index (χ0n) is 8.57. The molecular weight excluding hydrogens is 280 g/mol. The van der Waals surface area contributed by atoms with Gasteiger partial charge in [-0.05, 0) is 12.1 Å². The first-order valence-corrected chi connectivity index (χ1v) is 5.96. The Labute approximate surface area is 114 Å². The predicted molar refractivity (Wildman–Crippen MR) is 69.8 cm³/mol. The molecule has 2 aromatic rings. The molecule has 1 heterocycles. The second-order valence-electron chi connectivity index (χ2n) is 3.44. The third kappa shape index (κ3) is 2.72. The van der Waals surface area contributed by atoms with Crippen molar-refractivity contribution in [3.63, 3.8) is 0 Å². The Morgan fingerprint density at radius 3 is 2.41 bits per heavy atom. The van der Waals surface area contributed by atoms with Crippen LogP contribution in [0.25, 0.3) is 0 Å². The molecule has 2 rings (SSSR count). The van der Waals surface area contributed by atoms with Crippen LogP contribution in [-0.4, -0.2) is 10.1 Å². The number of pyridine rings is 1. The average Bonchev–Trinajstić information content (AvgIpc) is 2.29. The van der Waals surface area contributed by atoms with Crippen molar-refractivity contribution in [3.8, 4) is 0 Å². The Bertz CT molecular complexity index is 545. The molecule has 0 aliphatic rings. The van der Waals surface area contributed by atoms with Crippen LogP contribution in [-0.2, 0) is 0 Å². The molecule has 0 aliphatic heterocycles. The fourth-order valence-electron chi connectivity index (χ4n) is 1.47. The fourth-order valence-corrected chi connectivity index (χ4v) is 2.19. The third-order valence-electron chi connectivity index (χ3n) is 2.30. The second kappa shape index (κ2) is 5.23. The van der Waals surface area contributed by atoms with Gasteiger partial charge in [0.2, 0.25) is 0 Å². The number of hydrogen-bond donors (Lipinski definition) is 1. The molecule has 17 heavy (non-hydrogen) atoms. The lowest BCUT2D eigenvalue weighted by molar-refractivity contribution is 0.215. The molecule has 0 fully saturated rings. The molecule has 0 radical (unpaired) electrons. The van der Waals surface area contributed by atoms with Crippen LogP contribution in [0.5, 0.6) is 0 Å². The molecule has 1 aromatic heterocycles. The van der Waals surface area contributed by atoms with Crippen molar-refractivity contribution in [2.75, 3.05) is 0 Å². The van der Waals surface area contributed by atoms with E-state index in [1.54, 1.807) is 24.3 Å². The van der Waals surface area contributed by atoms with Crippen LogP contribution in [0.2, 0.25) is 15.1 Å². The number of halogens is 3. The quantitative estimate of drug-likeness (QED) is 0.901. The first-order chi connectivity index (χ1) is 8.09. The van der Waals surface area contributed by atoms with Gasteiger partial charge in [-0.2, -0.15) is 0 Å². The summed E-state index contributed by atoms with van der Waals surface area (Å²) in [6.45, 7) is 0. The van der Waals surface area contributed by atoms with E-state index in [1.165, 1.54) is 12.3 Å². The average molecular weight is 289 g/mol. The van der Waals surface area contributed by atoms with Crippen LogP contribution in [0.3, 0.4) is 0 Å². The van der Waals surface area contributed by atoms with E-state index >= 15 is 0 Å². The van der Waals surface area contributed by atoms with Crippen LogP contribution < -0.4 is 0 Å². The van der Waals surface area contributed by atoms with E-state index in [0.717, 1.165) is 0 Å². The Morgan fingerprint density at radius 2 is 1.76 bits per heavy atom. The summed E-state index contributed by atoms with van der Waals surface area (Å²) in [4.78, 5) is 4.02. The molecule has 1 N–H and O–H groups in total. The van der Waals surface area contributed by atoms with E-state index in [1.807, 2.05) is 0 Å². The first-order valence-electron chi connectivity index (χ1n) is 4.83. The van der Waals surface area contributed by atoms with E-state index in [9.17, 15) is 5.11 Å². The van der Waals surface area contributed by atoms with Gasteiger partial charge < -0.3 is 5.11 Å². The van der Waals surface area contributed by atoms with Crippen LogP contribution in [0.15, 0.2) is 36.5 Å². The third-order valence-corrected chi connectivity index (χ3v) is 3.15. The first kappa shape index (κ1) is 12.7. The lowest BCUT2D eigenvalue weighted by Crippen LogP contribution is -2.03. The van der Waals surface area contributed by atoms with Crippen molar-refractivity contribution in [1.82, 2.24) is 4.98 Å². The van der Waals surface area contributed by atoms with Gasteiger partial charge in [0.05, 0.1) is 15.7 Å². The maximum atomic E-state index is 10.2. The highest BCUT2D eigenvalue weighted by Crippen LogP contribution is 2.31. The topological polar surface area (TPSA) is 33.1 Å². The highest BCUT2D eigenvalue weighted by atomic mass is 35.5. The Hall–Kier alpha value is -0.800. The summed E-state index contributed by atoms with van der Waals surface area (Å²) < 4.78 is 0. The van der Waals surface area contributed by atoms with Crippen molar-refractivity contribution in [3.05, 3.63) is 62.9 Å². The summed E-state index contributed by atoms with van der Waals surface area (Å²) >= 11 is 17.7. The van der Waals surface area contributed by atoms with E-state index in [2.05, 4.69) is 4.98 Å². The van der Waals surface area contributed by atoms with E-state index < -0.39 is 6.10 Å². The van der Waals surface area contributed by atoms with Gasteiger partial charge in [0.15, 0.2) is 0 Å². The summed E-state index contributed by atoms with van der Waals surface area (Å²) in [7, 11) is 0. The lowest BCUT2D eigenvalue weighted by Gasteiger charge is -2.13. The largest absolute Gasteiger partial charge is 0.382 e. The van der Waals surface area contributed by atoms with E-state index in [-0.39, 0.29) is 0 Å². The van der Waals surface area contributed by atoms with Gasteiger partial charge in [-0.25, -0.2) is 0 Å². The summed E-state index contributed by atoms with van der Waals surface area (Å²) in [5.74, 6) is 0. The van der Waals surface area contributed by atoms with Gasteiger partial charge >= 0.3 is 0 Å². The molecule has 1 unspecified atom stereocenters. The molecule has 0 saturated carbocycles. The van der Waals surface area contributed by atoms with Gasteiger partial charge in [0.1, 0.15) is 6.10 Å². The van der Waals surface area contributed by atoms with Gasteiger partial charge in [0.25, 0.3) is 0 Å². The number of aliphatic hydroxyl groups is 1. The fraction of sp³-hybridized carbons (Fsp3) is 0.0833. The molecule has 2 nitrogen and oxygen atoms in total. The highest BCUT2D eigenvalue weighted by molar-refractivity contribution is 6.35. The van der Waals surface area contributed by atoms with Crippen molar-refractivity contribution in [2.45, 2.75) is 6.10 Å². The van der Waals surface area contributed by atoms with Crippen LogP contribution in [0.4, 0.5) is 0 Å². The number of hydrogen-bond acceptors (Lipinski definition) is 2. The molecule has 0 spiro atoms. The summed E-state index contributed by atoms with van der Waals surface area (Å²) in [6, 6.07) is 8.53. The van der Waals surface area contributed by atoms with E-state index in [4.69, 9.17) is 34.8 Å². The SMILES string of the molecule is OC(c1ccccc1Cl)c1ncc(Cl)cc1Cl. The summed E-state index contributed by atoms with van der Waals surface area (Å²) in [5.41, 5.74) is 0.898. The van der Waals surface area contributed by atoms with Gasteiger partial charge in [-0.3, -0.25) is 4.98 Å². The monoisotopic (exact) mass is 287 g/mol. The van der Waals surface area contributed by atoms with Crippen molar-refractivity contribution in [1.29, 1.82) is 0 Å². The molecule has 1 atom stereocenters. The summed E-state index contributed by atoms with van der Waals surface area (Å²) in [5, 5.41) is 11.4. The van der Waals surface area contributed by atoms with Crippen molar-refractivity contribution >= 4 is 34.8 Å². The minimum atomic E-state index is -0.964. The van der Waals surface area contributed by atoms with Crippen LogP contribution in [0.1, 0.15) is 17.4 Å². The number of aliphatic hydroxyl groups excluding tert-OH is 1. The van der Waals surface area contributed by atoms with Crippen LogP contribution in [0, 0.1) is 0 Å². The van der Waals surface area contributed by atoms with Crippen LogP contribution >= 0.6 is 34.8 Å². The zero-order valence-corrected chi connectivity index (χ0v) is 10.8. The highest BCUT2D eigenvalue weighted by Gasteiger charge is 2.18. The normalized spacial score (nSPS) is 12.5.